The van der Waals surface area contributed by atoms with Gasteiger partial charge in [-0.1, -0.05) is 15.9 Å². The van der Waals surface area contributed by atoms with Crippen molar-refractivity contribution in [1.29, 1.82) is 0 Å². The summed E-state index contributed by atoms with van der Waals surface area (Å²) in [7, 11) is 1.48. The normalized spacial score (nSPS) is 9.62. The fourth-order valence-corrected chi connectivity index (χ4v) is 1.35. The van der Waals surface area contributed by atoms with E-state index in [2.05, 4.69) is 21.2 Å². The van der Waals surface area contributed by atoms with Gasteiger partial charge in [-0.15, -0.1) is 0 Å². The summed E-state index contributed by atoms with van der Waals surface area (Å²) in [5.74, 6) is -1.26. The predicted octanol–water partition coefficient (Wildman–Crippen LogP) is 1.27. The molecule has 1 aromatic carbocycles. The molecule has 6 heteroatoms. The van der Waals surface area contributed by atoms with Gasteiger partial charge in [-0.05, 0) is 18.2 Å². The molecule has 0 radical (unpaired) electrons. The van der Waals surface area contributed by atoms with Crippen molar-refractivity contribution in [1.82, 2.24) is 5.32 Å². The Morgan fingerprint density at radius 2 is 2.19 bits per heavy atom. The molecule has 0 saturated carbocycles. The lowest BCUT2D eigenvalue weighted by Crippen LogP contribution is -2.25. The average Bonchev–Trinajstić information content (AvgIpc) is 2.25. The van der Waals surface area contributed by atoms with Crippen LogP contribution in [0.15, 0.2) is 22.7 Å². The van der Waals surface area contributed by atoms with Crippen molar-refractivity contribution >= 4 is 27.8 Å². The van der Waals surface area contributed by atoms with Crippen LogP contribution < -0.4 is 10.1 Å². The first kappa shape index (κ1) is 12.5. The molecule has 0 spiro atoms. The van der Waals surface area contributed by atoms with E-state index in [1.54, 1.807) is 6.07 Å². The molecule has 0 aliphatic heterocycles. The maximum atomic E-state index is 11.0. The summed E-state index contributed by atoms with van der Waals surface area (Å²) >= 11 is 3.20. The van der Waals surface area contributed by atoms with Crippen LogP contribution in [0, 0.1) is 0 Å². The maximum absolute atomic E-state index is 11.0. The Kier molecular flexibility index (Phi) is 4.30. The lowest BCUT2D eigenvalue weighted by atomic mass is 10.2. The summed E-state index contributed by atoms with van der Waals surface area (Å²) in [6.07, 6.45) is 0. The molecule has 0 fully saturated rings. The van der Waals surface area contributed by atoms with Crippen LogP contribution in [0.1, 0.15) is 10.4 Å². The van der Waals surface area contributed by atoms with Gasteiger partial charge < -0.3 is 15.2 Å². The zero-order valence-electron chi connectivity index (χ0n) is 8.49. The summed E-state index contributed by atoms with van der Waals surface area (Å²) in [5.41, 5.74) is 0.0205. The van der Waals surface area contributed by atoms with E-state index < -0.39 is 5.97 Å². The van der Waals surface area contributed by atoms with Crippen LogP contribution in [0.4, 0.5) is 0 Å². The van der Waals surface area contributed by atoms with Gasteiger partial charge in [0.15, 0.2) is 6.61 Å². The van der Waals surface area contributed by atoms with Gasteiger partial charge in [0, 0.05) is 11.5 Å². The monoisotopic (exact) mass is 287 g/mol. The maximum Gasteiger partial charge on any atom is 0.339 e. The zero-order valence-corrected chi connectivity index (χ0v) is 10.1. The second kappa shape index (κ2) is 5.50. The molecule has 86 valence electrons. The van der Waals surface area contributed by atoms with Gasteiger partial charge in [0.25, 0.3) is 5.91 Å². The highest BCUT2D eigenvalue weighted by Crippen LogP contribution is 2.23. The molecule has 0 unspecified atom stereocenters. The number of rotatable bonds is 4. The third-order valence-electron chi connectivity index (χ3n) is 1.81. The van der Waals surface area contributed by atoms with E-state index in [4.69, 9.17) is 9.84 Å². The van der Waals surface area contributed by atoms with E-state index in [0.717, 1.165) is 0 Å². The van der Waals surface area contributed by atoms with Crippen molar-refractivity contribution in [3.8, 4) is 5.75 Å². The molecule has 1 amide bonds. The summed E-state index contributed by atoms with van der Waals surface area (Å²) in [5, 5.41) is 11.3. The summed E-state index contributed by atoms with van der Waals surface area (Å²) in [6.45, 7) is -0.215. The molecule has 0 aliphatic carbocycles. The second-order valence-corrected chi connectivity index (χ2v) is 3.82. The van der Waals surface area contributed by atoms with Crippen LogP contribution in [0.25, 0.3) is 0 Å². The minimum atomic E-state index is -1.10. The van der Waals surface area contributed by atoms with Crippen molar-refractivity contribution in [3.63, 3.8) is 0 Å². The third-order valence-corrected chi connectivity index (χ3v) is 2.30. The highest BCUT2D eigenvalue weighted by Gasteiger charge is 2.12. The smallest absolute Gasteiger partial charge is 0.339 e. The molecule has 1 aromatic rings. The Hall–Kier alpha value is -1.56. The Balaban J connectivity index is 2.88. The van der Waals surface area contributed by atoms with Crippen LogP contribution >= 0.6 is 15.9 Å². The number of hydrogen-bond donors (Lipinski definition) is 2. The van der Waals surface area contributed by atoms with Gasteiger partial charge in [0.2, 0.25) is 0 Å². The fourth-order valence-electron chi connectivity index (χ4n) is 1.01. The van der Waals surface area contributed by atoms with Crippen molar-refractivity contribution < 1.29 is 19.4 Å². The minimum Gasteiger partial charge on any atom is -0.483 e. The number of likely N-dealkylation sites (N-methyl/N-ethyl adjacent to an activating group) is 1. The number of hydrogen-bond acceptors (Lipinski definition) is 3. The molecule has 0 bridgehead atoms. The standard InChI is InChI=1S/C10H10BrNO4/c1-12-9(13)5-16-8-4-6(11)2-3-7(8)10(14)15/h2-4H,5H2,1H3,(H,12,13)(H,14,15). The third kappa shape index (κ3) is 3.23. The van der Waals surface area contributed by atoms with Gasteiger partial charge in [0.05, 0.1) is 0 Å². The molecule has 0 aromatic heterocycles. The number of carboxylic acid groups (broad SMARTS) is 1. The van der Waals surface area contributed by atoms with Crippen LogP contribution in [0.5, 0.6) is 5.75 Å². The van der Waals surface area contributed by atoms with Gasteiger partial charge >= 0.3 is 5.97 Å². The Morgan fingerprint density at radius 1 is 1.50 bits per heavy atom. The summed E-state index contributed by atoms with van der Waals surface area (Å²) in [4.78, 5) is 21.8. The number of carbonyl (C=O) groups is 2. The first-order valence-electron chi connectivity index (χ1n) is 4.41. The Bertz CT molecular complexity index is 419. The number of nitrogens with one attached hydrogen (secondary N) is 1. The van der Waals surface area contributed by atoms with Gasteiger partial charge in [-0.3, -0.25) is 4.79 Å². The highest BCUT2D eigenvalue weighted by atomic mass is 79.9. The number of aromatic carboxylic acids is 1. The summed E-state index contributed by atoms with van der Waals surface area (Å²) in [6, 6.07) is 4.51. The number of carbonyl (C=O) groups excluding carboxylic acids is 1. The molecule has 1 rings (SSSR count). The molecule has 0 heterocycles. The van der Waals surface area contributed by atoms with E-state index in [-0.39, 0.29) is 23.8 Å². The minimum absolute atomic E-state index is 0.0205. The van der Waals surface area contributed by atoms with E-state index in [1.807, 2.05) is 0 Å². The van der Waals surface area contributed by atoms with E-state index in [9.17, 15) is 9.59 Å². The molecule has 16 heavy (non-hydrogen) atoms. The van der Waals surface area contributed by atoms with Gasteiger partial charge in [0.1, 0.15) is 11.3 Å². The molecule has 5 nitrogen and oxygen atoms in total. The molecule has 2 N–H and O–H groups in total. The SMILES string of the molecule is CNC(=O)COc1cc(Br)ccc1C(=O)O. The molecular weight excluding hydrogens is 278 g/mol. The first-order valence-corrected chi connectivity index (χ1v) is 5.20. The largest absolute Gasteiger partial charge is 0.483 e. The number of amides is 1. The van der Waals surface area contributed by atoms with Crippen molar-refractivity contribution in [2.45, 2.75) is 0 Å². The fraction of sp³-hybridized carbons (Fsp3) is 0.200. The van der Waals surface area contributed by atoms with Crippen LogP contribution in [-0.2, 0) is 4.79 Å². The van der Waals surface area contributed by atoms with Crippen LogP contribution in [0.3, 0.4) is 0 Å². The molecule has 0 atom stereocenters. The van der Waals surface area contributed by atoms with Gasteiger partial charge in [-0.2, -0.15) is 0 Å². The van der Waals surface area contributed by atoms with Crippen LogP contribution in [-0.4, -0.2) is 30.6 Å². The topological polar surface area (TPSA) is 75.6 Å². The zero-order chi connectivity index (χ0) is 12.1. The summed E-state index contributed by atoms with van der Waals surface area (Å²) < 4.78 is 5.79. The number of halogens is 1. The van der Waals surface area contributed by atoms with E-state index >= 15 is 0 Å². The number of carboxylic acids is 1. The molecular formula is C10H10BrNO4. The predicted molar refractivity (Wildman–Crippen MR) is 60.7 cm³/mol. The Morgan fingerprint density at radius 3 is 2.75 bits per heavy atom. The molecule has 0 saturated heterocycles. The second-order valence-electron chi connectivity index (χ2n) is 2.91. The lowest BCUT2D eigenvalue weighted by molar-refractivity contribution is -0.122. The molecule has 0 aliphatic rings. The van der Waals surface area contributed by atoms with E-state index in [1.165, 1.54) is 19.2 Å². The number of ether oxygens (including phenoxy) is 1. The van der Waals surface area contributed by atoms with Crippen molar-refractivity contribution in [2.24, 2.45) is 0 Å². The van der Waals surface area contributed by atoms with Crippen molar-refractivity contribution in [3.05, 3.63) is 28.2 Å². The quantitative estimate of drug-likeness (QED) is 0.875. The van der Waals surface area contributed by atoms with Gasteiger partial charge in [-0.25, -0.2) is 4.79 Å². The van der Waals surface area contributed by atoms with E-state index in [0.29, 0.717) is 4.47 Å². The number of benzene rings is 1. The average molecular weight is 288 g/mol. The lowest BCUT2D eigenvalue weighted by Gasteiger charge is -2.08. The van der Waals surface area contributed by atoms with Crippen molar-refractivity contribution in [2.75, 3.05) is 13.7 Å². The Labute approximate surface area is 101 Å². The highest BCUT2D eigenvalue weighted by molar-refractivity contribution is 9.10. The van der Waals surface area contributed by atoms with Crippen LogP contribution in [0.2, 0.25) is 0 Å². The first-order chi connectivity index (χ1) is 7.54.